The van der Waals surface area contributed by atoms with E-state index in [9.17, 15) is 0 Å². The molecular weight excluding hydrogens is 264 g/mol. The number of anilines is 2. The molecular formula is C15H20N6. The fourth-order valence-corrected chi connectivity index (χ4v) is 2.41. The van der Waals surface area contributed by atoms with E-state index >= 15 is 0 Å². The molecule has 0 aromatic carbocycles. The second-order valence-corrected chi connectivity index (χ2v) is 5.45. The summed E-state index contributed by atoms with van der Waals surface area (Å²) < 4.78 is 0. The number of piperazine rings is 1. The van der Waals surface area contributed by atoms with E-state index in [2.05, 4.69) is 43.6 Å². The van der Waals surface area contributed by atoms with Crippen molar-refractivity contribution in [3.8, 4) is 0 Å². The van der Waals surface area contributed by atoms with Gasteiger partial charge in [-0.3, -0.25) is 0 Å². The van der Waals surface area contributed by atoms with Crippen LogP contribution in [0.3, 0.4) is 0 Å². The predicted octanol–water partition coefficient (Wildman–Crippen LogP) is 1.72. The van der Waals surface area contributed by atoms with E-state index in [1.54, 1.807) is 12.4 Å². The van der Waals surface area contributed by atoms with Crippen molar-refractivity contribution in [3.05, 3.63) is 36.5 Å². The highest BCUT2D eigenvalue weighted by molar-refractivity contribution is 5.41. The fourth-order valence-electron chi connectivity index (χ4n) is 2.41. The van der Waals surface area contributed by atoms with Gasteiger partial charge in [-0.25, -0.2) is 19.9 Å². The van der Waals surface area contributed by atoms with E-state index in [0.29, 0.717) is 5.92 Å². The summed E-state index contributed by atoms with van der Waals surface area (Å²) in [5.41, 5.74) is 0. The van der Waals surface area contributed by atoms with Crippen LogP contribution in [0.15, 0.2) is 30.7 Å². The third-order valence-corrected chi connectivity index (χ3v) is 3.61. The van der Waals surface area contributed by atoms with Gasteiger partial charge in [-0.15, -0.1) is 0 Å². The van der Waals surface area contributed by atoms with Crippen LogP contribution in [0.1, 0.15) is 25.6 Å². The molecule has 110 valence electrons. The fraction of sp³-hybridized carbons (Fsp3) is 0.467. The smallest absolute Gasteiger partial charge is 0.225 e. The van der Waals surface area contributed by atoms with Crippen LogP contribution in [0.4, 0.5) is 11.8 Å². The maximum Gasteiger partial charge on any atom is 0.225 e. The molecule has 1 saturated heterocycles. The molecule has 0 N–H and O–H groups in total. The highest BCUT2D eigenvalue weighted by Gasteiger charge is 2.20. The molecule has 2 aromatic heterocycles. The number of aromatic nitrogens is 4. The lowest BCUT2D eigenvalue weighted by atomic mass is 10.2. The van der Waals surface area contributed by atoms with Crippen molar-refractivity contribution in [1.29, 1.82) is 0 Å². The highest BCUT2D eigenvalue weighted by atomic mass is 15.3. The molecule has 0 radical (unpaired) electrons. The zero-order valence-corrected chi connectivity index (χ0v) is 12.5. The van der Waals surface area contributed by atoms with Gasteiger partial charge in [0.25, 0.3) is 0 Å². The Balaban J connectivity index is 1.67. The van der Waals surface area contributed by atoms with Gasteiger partial charge in [0, 0.05) is 50.7 Å². The van der Waals surface area contributed by atoms with Crippen molar-refractivity contribution in [2.45, 2.75) is 19.8 Å². The minimum atomic E-state index is 0.351. The van der Waals surface area contributed by atoms with Crippen molar-refractivity contribution in [1.82, 2.24) is 19.9 Å². The van der Waals surface area contributed by atoms with Crippen molar-refractivity contribution >= 4 is 11.8 Å². The van der Waals surface area contributed by atoms with E-state index in [1.165, 1.54) is 0 Å². The summed E-state index contributed by atoms with van der Waals surface area (Å²) in [6.45, 7) is 7.89. The van der Waals surface area contributed by atoms with Crippen molar-refractivity contribution < 1.29 is 0 Å². The predicted molar refractivity (Wildman–Crippen MR) is 82.6 cm³/mol. The second-order valence-electron chi connectivity index (χ2n) is 5.45. The molecule has 0 atom stereocenters. The summed E-state index contributed by atoms with van der Waals surface area (Å²) in [4.78, 5) is 22.1. The van der Waals surface area contributed by atoms with Crippen molar-refractivity contribution in [2.75, 3.05) is 36.0 Å². The van der Waals surface area contributed by atoms with E-state index in [4.69, 9.17) is 0 Å². The molecule has 1 aliphatic heterocycles. The second kappa shape index (κ2) is 6.03. The summed E-state index contributed by atoms with van der Waals surface area (Å²) in [6, 6.07) is 3.83. The Hall–Kier alpha value is -2.24. The van der Waals surface area contributed by atoms with Gasteiger partial charge in [-0.05, 0) is 12.1 Å². The van der Waals surface area contributed by atoms with Gasteiger partial charge < -0.3 is 9.80 Å². The first-order chi connectivity index (χ1) is 10.2. The first-order valence-electron chi connectivity index (χ1n) is 7.34. The van der Waals surface area contributed by atoms with Crippen molar-refractivity contribution in [2.24, 2.45) is 0 Å². The van der Waals surface area contributed by atoms with E-state index in [1.807, 2.05) is 18.3 Å². The summed E-state index contributed by atoms with van der Waals surface area (Å²) in [5, 5.41) is 0. The SMILES string of the molecule is CC(C)c1nccc(N2CCN(c3ncccn3)CC2)n1. The van der Waals surface area contributed by atoms with Crippen molar-refractivity contribution in [3.63, 3.8) is 0 Å². The number of nitrogens with zero attached hydrogens (tertiary/aromatic N) is 6. The molecule has 21 heavy (non-hydrogen) atoms. The number of hydrogen-bond donors (Lipinski definition) is 0. The first kappa shape index (κ1) is 13.7. The van der Waals surface area contributed by atoms with Crippen LogP contribution in [-0.4, -0.2) is 46.1 Å². The molecule has 0 bridgehead atoms. The molecule has 1 fully saturated rings. The van der Waals surface area contributed by atoms with E-state index in [-0.39, 0.29) is 0 Å². The Morgan fingerprint density at radius 1 is 0.905 bits per heavy atom. The summed E-state index contributed by atoms with van der Waals surface area (Å²) in [5.74, 6) is 3.08. The Labute approximate surface area is 124 Å². The van der Waals surface area contributed by atoms with Gasteiger partial charge in [0.1, 0.15) is 11.6 Å². The molecule has 0 aliphatic carbocycles. The Morgan fingerprint density at radius 3 is 2.24 bits per heavy atom. The summed E-state index contributed by atoms with van der Waals surface area (Å²) >= 11 is 0. The monoisotopic (exact) mass is 284 g/mol. The van der Waals surface area contributed by atoms with E-state index in [0.717, 1.165) is 43.8 Å². The maximum atomic E-state index is 4.66. The normalized spacial score (nSPS) is 15.6. The topological polar surface area (TPSA) is 58.0 Å². The highest BCUT2D eigenvalue weighted by Crippen LogP contribution is 2.17. The lowest BCUT2D eigenvalue weighted by Crippen LogP contribution is -2.47. The Morgan fingerprint density at radius 2 is 1.57 bits per heavy atom. The molecule has 3 rings (SSSR count). The zero-order valence-electron chi connectivity index (χ0n) is 12.5. The minimum absolute atomic E-state index is 0.351. The zero-order chi connectivity index (χ0) is 14.7. The van der Waals surface area contributed by atoms with Gasteiger partial charge in [0.15, 0.2) is 0 Å². The molecule has 6 nitrogen and oxygen atoms in total. The minimum Gasteiger partial charge on any atom is -0.353 e. The van der Waals surface area contributed by atoms with Gasteiger partial charge in [-0.1, -0.05) is 13.8 Å². The van der Waals surface area contributed by atoms with Crippen LogP contribution in [0, 0.1) is 0 Å². The van der Waals surface area contributed by atoms with Crippen LogP contribution in [-0.2, 0) is 0 Å². The van der Waals surface area contributed by atoms with Gasteiger partial charge in [-0.2, -0.15) is 0 Å². The molecule has 0 saturated carbocycles. The maximum absolute atomic E-state index is 4.66. The molecule has 0 unspecified atom stereocenters. The van der Waals surface area contributed by atoms with Crippen LogP contribution < -0.4 is 9.80 Å². The van der Waals surface area contributed by atoms with Gasteiger partial charge in [0.2, 0.25) is 5.95 Å². The van der Waals surface area contributed by atoms with Gasteiger partial charge >= 0.3 is 0 Å². The van der Waals surface area contributed by atoms with Crippen LogP contribution in [0.5, 0.6) is 0 Å². The molecule has 0 amide bonds. The van der Waals surface area contributed by atoms with Gasteiger partial charge in [0.05, 0.1) is 0 Å². The van der Waals surface area contributed by atoms with Crippen LogP contribution >= 0.6 is 0 Å². The molecule has 0 spiro atoms. The third-order valence-electron chi connectivity index (χ3n) is 3.61. The number of rotatable bonds is 3. The van der Waals surface area contributed by atoms with Crippen LogP contribution in [0.25, 0.3) is 0 Å². The van der Waals surface area contributed by atoms with E-state index < -0.39 is 0 Å². The largest absolute Gasteiger partial charge is 0.353 e. The lowest BCUT2D eigenvalue weighted by molar-refractivity contribution is 0.630. The molecule has 1 aliphatic rings. The first-order valence-corrected chi connectivity index (χ1v) is 7.34. The summed E-state index contributed by atoms with van der Waals surface area (Å²) in [6.07, 6.45) is 5.42. The Bertz CT molecular complexity index is 578. The Kier molecular flexibility index (Phi) is 3.94. The molecule has 2 aromatic rings. The third kappa shape index (κ3) is 3.09. The quantitative estimate of drug-likeness (QED) is 0.855. The van der Waals surface area contributed by atoms with Crippen LogP contribution in [0.2, 0.25) is 0 Å². The molecule has 3 heterocycles. The number of hydrogen-bond acceptors (Lipinski definition) is 6. The average Bonchev–Trinajstić information content (AvgIpc) is 2.56. The lowest BCUT2D eigenvalue weighted by Gasteiger charge is -2.35. The average molecular weight is 284 g/mol. The summed E-state index contributed by atoms with van der Waals surface area (Å²) in [7, 11) is 0. The standard InChI is InChI=1S/C15H20N6/c1-12(2)14-16-7-4-13(19-14)20-8-10-21(11-9-20)15-17-5-3-6-18-15/h3-7,12H,8-11H2,1-2H3. The molecule has 6 heteroatoms.